The van der Waals surface area contributed by atoms with E-state index in [-0.39, 0.29) is 12.0 Å². The maximum Gasteiger partial charge on any atom is 0.260 e. The van der Waals surface area contributed by atoms with Gasteiger partial charge in [-0.3, -0.25) is 9.69 Å². The first-order chi connectivity index (χ1) is 16.6. The molecule has 1 aromatic heterocycles. The summed E-state index contributed by atoms with van der Waals surface area (Å²) >= 11 is 1.59. The lowest BCUT2D eigenvalue weighted by Gasteiger charge is -2.23. The standard InChI is InChI=1S/C29H30N2O2S/c1-20(2)25-11-6-12-26-27(25)30-29(34-26)31(19-24-10-7-17-33-24)28(32)23-15-13-22(14-16-23)18-21-8-4-3-5-9-21/h3-6,8-9,11-16,20,24H,7,10,17-19H2,1-2H3. The Balaban J connectivity index is 1.44. The van der Waals surface area contributed by atoms with E-state index in [1.54, 1.807) is 11.3 Å². The van der Waals surface area contributed by atoms with E-state index in [1.165, 1.54) is 16.7 Å². The number of anilines is 1. The van der Waals surface area contributed by atoms with E-state index in [0.717, 1.165) is 41.2 Å². The van der Waals surface area contributed by atoms with Crippen molar-refractivity contribution in [1.29, 1.82) is 0 Å². The van der Waals surface area contributed by atoms with Gasteiger partial charge in [0.05, 0.1) is 22.9 Å². The number of para-hydroxylation sites is 1. The minimum absolute atomic E-state index is 0.0214. The first kappa shape index (κ1) is 22.8. The highest BCUT2D eigenvalue weighted by Gasteiger charge is 2.27. The van der Waals surface area contributed by atoms with Gasteiger partial charge in [0.2, 0.25) is 0 Å². The van der Waals surface area contributed by atoms with Gasteiger partial charge in [-0.1, -0.05) is 79.8 Å². The van der Waals surface area contributed by atoms with Crippen LogP contribution in [0.3, 0.4) is 0 Å². The molecular weight excluding hydrogens is 440 g/mol. The van der Waals surface area contributed by atoms with Gasteiger partial charge in [0.15, 0.2) is 5.13 Å². The van der Waals surface area contributed by atoms with Gasteiger partial charge in [0, 0.05) is 12.2 Å². The number of hydrogen-bond acceptors (Lipinski definition) is 4. The zero-order chi connectivity index (χ0) is 23.5. The zero-order valence-electron chi connectivity index (χ0n) is 19.7. The fourth-order valence-corrected chi connectivity index (χ4v) is 5.54. The molecule has 4 nitrogen and oxygen atoms in total. The summed E-state index contributed by atoms with van der Waals surface area (Å²) in [5.41, 5.74) is 5.35. The van der Waals surface area contributed by atoms with Crippen LogP contribution in [0.25, 0.3) is 10.2 Å². The molecule has 1 amide bonds. The first-order valence-electron chi connectivity index (χ1n) is 12.0. The summed E-state index contributed by atoms with van der Waals surface area (Å²) < 4.78 is 7.01. The largest absolute Gasteiger partial charge is 0.376 e. The summed E-state index contributed by atoms with van der Waals surface area (Å²) in [6.45, 7) is 5.65. The quantitative estimate of drug-likeness (QED) is 0.297. The van der Waals surface area contributed by atoms with Crippen LogP contribution >= 0.6 is 11.3 Å². The molecule has 1 unspecified atom stereocenters. The molecule has 1 aliphatic heterocycles. The monoisotopic (exact) mass is 470 g/mol. The van der Waals surface area contributed by atoms with Crippen molar-refractivity contribution in [2.45, 2.75) is 45.1 Å². The Bertz CT molecular complexity index is 1260. The van der Waals surface area contributed by atoms with Crippen molar-refractivity contribution in [2.75, 3.05) is 18.1 Å². The van der Waals surface area contributed by atoms with Crippen molar-refractivity contribution in [3.63, 3.8) is 0 Å². The molecule has 34 heavy (non-hydrogen) atoms. The van der Waals surface area contributed by atoms with E-state index in [2.05, 4.69) is 68.4 Å². The lowest BCUT2D eigenvalue weighted by atomic mass is 10.0. The van der Waals surface area contributed by atoms with Crippen molar-refractivity contribution in [2.24, 2.45) is 0 Å². The summed E-state index contributed by atoms with van der Waals surface area (Å²) in [6, 6.07) is 24.7. The van der Waals surface area contributed by atoms with Crippen molar-refractivity contribution >= 4 is 32.6 Å². The molecule has 0 aliphatic carbocycles. The average molecular weight is 471 g/mol. The first-order valence-corrected chi connectivity index (χ1v) is 12.9. The van der Waals surface area contributed by atoms with Crippen LogP contribution in [0, 0.1) is 0 Å². The molecule has 0 N–H and O–H groups in total. The van der Waals surface area contributed by atoms with Crippen LogP contribution in [0.15, 0.2) is 72.8 Å². The molecule has 1 atom stereocenters. The summed E-state index contributed by atoms with van der Waals surface area (Å²) in [5.74, 6) is 0.352. The second-order valence-electron chi connectivity index (χ2n) is 9.26. The van der Waals surface area contributed by atoms with Crippen LogP contribution in [0.4, 0.5) is 5.13 Å². The van der Waals surface area contributed by atoms with Gasteiger partial charge in [-0.05, 0) is 60.1 Å². The van der Waals surface area contributed by atoms with E-state index in [1.807, 2.05) is 23.1 Å². The molecule has 174 valence electrons. The lowest BCUT2D eigenvalue weighted by Crippen LogP contribution is -2.37. The Morgan fingerprint density at radius 1 is 1.03 bits per heavy atom. The predicted octanol–water partition coefficient (Wildman–Crippen LogP) is 6.84. The number of aromatic nitrogens is 1. The Morgan fingerprint density at radius 3 is 2.50 bits per heavy atom. The van der Waals surface area contributed by atoms with Crippen LogP contribution in [-0.2, 0) is 11.2 Å². The smallest absolute Gasteiger partial charge is 0.260 e. The third-order valence-electron chi connectivity index (χ3n) is 6.40. The van der Waals surface area contributed by atoms with Gasteiger partial charge in [0.25, 0.3) is 5.91 Å². The van der Waals surface area contributed by atoms with Gasteiger partial charge < -0.3 is 4.74 Å². The zero-order valence-corrected chi connectivity index (χ0v) is 20.6. The number of ether oxygens (including phenoxy) is 1. The normalized spacial score (nSPS) is 15.8. The fourth-order valence-electron chi connectivity index (χ4n) is 4.53. The maximum atomic E-state index is 13.7. The van der Waals surface area contributed by atoms with Crippen LogP contribution in [0.1, 0.15) is 59.7 Å². The number of carbonyl (C=O) groups is 1. The minimum atomic E-state index is -0.0214. The average Bonchev–Trinajstić information content (AvgIpc) is 3.52. The van der Waals surface area contributed by atoms with Gasteiger partial charge in [-0.2, -0.15) is 0 Å². The summed E-state index contributed by atoms with van der Waals surface area (Å²) in [7, 11) is 0. The number of amides is 1. The second-order valence-corrected chi connectivity index (χ2v) is 10.3. The Labute approximate surface area is 205 Å². The molecule has 1 saturated heterocycles. The molecule has 0 radical (unpaired) electrons. The Kier molecular flexibility index (Phi) is 6.75. The number of fused-ring (bicyclic) bond motifs is 1. The molecule has 0 bridgehead atoms. The highest BCUT2D eigenvalue weighted by atomic mass is 32.1. The number of nitrogens with zero attached hydrogens (tertiary/aromatic N) is 2. The van der Waals surface area contributed by atoms with Gasteiger partial charge in [-0.25, -0.2) is 4.98 Å². The van der Waals surface area contributed by atoms with Gasteiger partial charge in [-0.15, -0.1) is 0 Å². The third-order valence-corrected chi connectivity index (χ3v) is 7.44. The molecule has 3 aromatic carbocycles. The number of benzene rings is 3. The number of carbonyl (C=O) groups excluding carboxylic acids is 1. The van der Waals surface area contributed by atoms with Crippen molar-refractivity contribution in [3.05, 3.63) is 95.1 Å². The summed E-state index contributed by atoms with van der Waals surface area (Å²) in [4.78, 5) is 20.5. The van der Waals surface area contributed by atoms with E-state index in [0.29, 0.717) is 18.0 Å². The van der Waals surface area contributed by atoms with Crippen LogP contribution in [0.5, 0.6) is 0 Å². The fraction of sp³-hybridized carbons (Fsp3) is 0.310. The maximum absolute atomic E-state index is 13.7. The molecule has 1 aliphatic rings. The van der Waals surface area contributed by atoms with Gasteiger partial charge >= 0.3 is 0 Å². The molecule has 1 fully saturated rings. The van der Waals surface area contributed by atoms with Crippen molar-refractivity contribution in [3.8, 4) is 0 Å². The molecule has 0 spiro atoms. The van der Waals surface area contributed by atoms with Crippen LogP contribution in [0.2, 0.25) is 0 Å². The molecule has 5 rings (SSSR count). The van der Waals surface area contributed by atoms with E-state index < -0.39 is 0 Å². The molecular formula is C29H30N2O2S. The number of thiazole rings is 1. The topological polar surface area (TPSA) is 42.4 Å². The predicted molar refractivity (Wildman–Crippen MR) is 140 cm³/mol. The molecule has 2 heterocycles. The van der Waals surface area contributed by atoms with Gasteiger partial charge in [0.1, 0.15) is 0 Å². The molecule has 5 heteroatoms. The molecule has 0 saturated carbocycles. The SMILES string of the molecule is CC(C)c1cccc2sc(N(CC3CCCO3)C(=O)c3ccc(Cc4ccccc4)cc3)nc12. The molecule has 4 aromatic rings. The second kappa shape index (κ2) is 10.1. The van der Waals surface area contributed by atoms with E-state index in [9.17, 15) is 4.79 Å². The Morgan fingerprint density at radius 2 is 1.79 bits per heavy atom. The summed E-state index contributed by atoms with van der Waals surface area (Å²) in [5, 5.41) is 0.747. The van der Waals surface area contributed by atoms with Crippen LogP contribution in [-0.4, -0.2) is 30.1 Å². The van der Waals surface area contributed by atoms with Crippen molar-refractivity contribution in [1.82, 2.24) is 4.98 Å². The highest BCUT2D eigenvalue weighted by molar-refractivity contribution is 7.22. The summed E-state index contributed by atoms with van der Waals surface area (Å²) in [6.07, 6.45) is 2.92. The van der Waals surface area contributed by atoms with Crippen LogP contribution < -0.4 is 4.90 Å². The van der Waals surface area contributed by atoms with Crippen molar-refractivity contribution < 1.29 is 9.53 Å². The lowest BCUT2D eigenvalue weighted by molar-refractivity contribution is 0.0917. The highest BCUT2D eigenvalue weighted by Crippen LogP contribution is 2.34. The minimum Gasteiger partial charge on any atom is -0.376 e. The number of rotatable bonds is 7. The number of hydrogen-bond donors (Lipinski definition) is 0. The van der Waals surface area contributed by atoms with E-state index >= 15 is 0 Å². The third kappa shape index (κ3) is 4.91. The Hall–Kier alpha value is -3.02. The van der Waals surface area contributed by atoms with E-state index in [4.69, 9.17) is 9.72 Å².